The first-order chi connectivity index (χ1) is 6.70. The van der Waals surface area contributed by atoms with Gasteiger partial charge in [0, 0.05) is 0 Å². The van der Waals surface area contributed by atoms with Crippen molar-refractivity contribution >= 4 is 0 Å². The molecule has 1 heterocycles. The van der Waals surface area contributed by atoms with Crippen LogP contribution in [0.2, 0.25) is 0 Å². The first-order valence-corrected chi connectivity index (χ1v) is 6.13. The lowest BCUT2D eigenvalue weighted by atomic mass is 9.79. The standard InChI is InChI=1S/C12H23NO/c1-12(14)7-4-6-11(12)10-5-2-3-8-13-9-10/h10-11,13-14H,2-9H2,1H3. The van der Waals surface area contributed by atoms with E-state index in [9.17, 15) is 5.11 Å². The number of nitrogens with one attached hydrogen (secondary N) is 1. The maximum Gasteiger partial charge on any atom is 0.0650 e. The summed E-state index contributed by atoms with van der Waals surface area (Å²) < 4.78 is 0. The fourth-order valence-electron chi connectivity index (χ4n) is 3.31. The van der Waals surface area contributed by atoms with E-state index in [2.05, 4.69) is 5.32 Å². The topological polar surface area (TPSA) is 32.3 Å². The van der Waals surface area contributed by atoms with Crippen LogP contribution in [0.5, 0.6) is 0 Å². The molecule has 1 saturated heterocycles. The first kappa shape index (κ1) is 10.4. The van der Waals surface area contributed by atoms with Gasteiger partial charge in [-0.1, -0.05) is 12.8 Å². The Morgan fingerprint density at radius 3 is 2.79 bits per heavy atom. The second-order valence-electron chi connectivity index (χ2n) is 5.32. The van der Waals surface area contributed by atoms with Crippen molar-refractivity contribution in [1.29, 1.82) is 0 Å². The third-order valence-corrected chi connectivity index (χ3v) is 4.15. The molecule has 3 atom stereocenters. The van der Waals surface area contributed by atoms with Crippen LogP contribution in [0.3, 0.4) is 0 Å². The Morgan fingerprint density at radius 1 is 1.21 bits per heavy atom. The highest BCUT2D eigenvalue weighted by molar-refractivity contribution is 4.93. The minimum Gasteiger partial charge on any atom is -0.390 e. The van der Waals surface area contributed by atoms with Crippen LogP contribution in [-0.2, 0) is 0 Å². The highest BCUT2D eigenvalue weighted by atomic mass is 16.3. The largest absolute Gasteiger partial charge is 0.390 e. The van der Waals surface area contributed by atoms with Gasteiger partial charge in [-0.3, -0.25) is 0 Å². The van der Waals surface area contributed by atoms with E-state index in [0.29, 0.717) is 5.92 Å². The molecule has 14 heavy (non-hydrogen) atoms. The van der Waals surface area contributed by atoms with Crippen LogP contribution < -0.4 is 5.32 Å². The Kier molecular flexibility index (Phi) is 3.13. The molecule has 2 rings (SSSR count). The first-order valence-electron chi connectivity index (χ1n) is 6.13. The van der Waals surface area contributed by atoms with Crippen molar-refractivity contribution in [2.75, 3.05) is 13.1 Å². The Hall–Kier alpha value is -0.0800. The smallest absolute Gasteiger partial charge is 0.0650 e. The van der Waals surface area contributed by atoms with Crippen LogP contribution in [0.15, 0.2) is 0 Å². The van der Waals surface area contributed by atoms with Crippen molar-refractivity contribution in [3.8, 4) is 0 Å². The SMILES string of the molecule is CC1(O)CCCC1C1CCCCNC1. The van der Waals surface area contributed by atoms with Crippen molar-refractivity contribution < 1.29 is 5.11 Å². The molecule has 2 heteroatoms. The molecule has 2 nitrogen and oxygen atoms in total. The highest BCUT2D eigenvalue weighted by Gasteiger charge is 2.41. The number of aliphatic hydroxyl groups is 1. The molecule has 2 N–H and O–H groups in total. The predicted octanol–water partition coefficient (Wildman–Crippen LogP) is 1.93. The molecule has 0 amide bonds. The molecule has 2 fully saturated rings. The van der Waals surface area contributed by atoms with Gasteiger partial charge in [0.1, 0.15) is 0 Å². The molecule has 3 unspecified atom stereocenters. The van der Waals surface area contributed by atoms with Gasteiger partial charge < -0.3 is 10.4 Å². The predicted molar refractivity (Wildman–Crippen MR) is 58.2 cm³/mol. The summed E-state index contributed by atoms with van der Waals surface area (Å²) in [5.74, 6) is 1.27. The quantitative estimate of drug-likeness (QED) is 0.673. The molecule has 0 bridgehead atoms. The summed E-state index contributed by atoms with van der Waals surface area (Å²) in [7, 11) is 0. The Balaban J connectivity index is 1.98. The van der Waals surface area contributed by atoms with Crippen LogP contribution in [0.1, 0.15) is 45.4 Å². The van der Waals surface area contributed by atoms with Gasteiger partial charge in [0.2, 0.25) is 0 Å². The Morgan fingerprint density at radius 2 is 2.07 bits per heavy atom. The summed E-state index contributed by atoms with van der Waals surface area (Å²) in [4.78, 5) is 0. The lowest BCUT2D eigenvalue weighted by molar-refractivity contribution is -0.00446. The summed E-state index contributed by atoms with van der Waals surface area (Å²) in [5.41, 5.74) is -0.378. The normalized spacial score (nSPS) is 45.0. The van der Waals surface area contributed by atoms with Crippen LogP contribution in [0, 0.1) is 11.8 Å². The Bertz CT molecular complexity index is 183. The van der Waals surface area contributed by atoms with Crippen molar-refractivity contribution in [2.45, 2.75) is 51.0 Å². The van der Waals surface area contributed by atoms with Gasteiger partial charge in [0.15, 0.2) is 0 Å². The van der Waals surface area contributed by atoms with Gasteiger partial charge in [0.25, 0.3) is 0 Å². The number of hydrogen-bond acceptors (Lipinski definition) is 2. The zero-order chi connectivity index (χ0) is 10.0. The van der Waals surface area contributed by atoms with Gasteiger partial charge in [-0.15, -0.1) is 0 Å². The zero-order valence-corrected chi connectivity index (χ0v) is 9.26. The molecule has 1 aliphatic carbocycles. The van der Waals surface area contributed by atoms with Gasteiger partial charge in [0.05, 0.1) is 5.60 Å². The van der Waals surface area contributed by atoms with Crippen LogP contribution in [0.25, 0.3) is 0 Å². The third kappa shape index (κ3) is 2.12. The van der Waals surface area contributed by atoms with Crippen LogP contribution in [-0.4, -0.2) is 23.8 Å². The minimum absolute atomic E-state index is 0.378. The average Bonchev–Trinajstić information content (AvgIpc) is 2.41. The molecule has 0 radical (unpaired) electrons. The molecule has 1 aliphatic heterocycles. The Labute approximate surface area is 87.1 Å². The van der Waals surface area contributed by atoms with Crippen molar-refractivity contribution in [3.05, 3.63) is 0 Å². The van der Waals surface area contributed by atoms with E-state index in [-0.39, 0.29) is 5.60 Å². The van der Waals surface area contributed by atoms with E-state index in [0.717, 1.165) is 18.9 Å². The van der Waals surface area contributed by atoms with E-state index >= 15 is 0 Å². The number of rotatable bonds is 1. The van der Waals surface area contributed by atoms with Crippen LogP contribution in [0.4, 0.5) is 0 Å². The summed E-state index contributed by atoms with van der Waals surface area (Å²) in [6.07, 6.45) is 7.42. The molecule has 0 spiro atoms. The molecular formula is C12H23NO. The third-order valence-electron chi connectivity index (χ3n) is 4.15. The lowest BCUT2D eigenvalue weighted by Crippen LogP contribution is -2.38. The monoisotopic (exact) mass is 197 g/mol. The van der Waals surface area contributed by atoms with E-state index in [1.807, 2.05) is 6.92 Å². The minimum atomic E-state index is -0.378. The maximum absolute atomic E-state index is 10.3. The van der Waals surface area contributed by atoms with Gasteiger partial charge in [-0.2, -0.15) is 0 Å². The number of hydrogen-bond donors (Lipinski definition) is 2. The van der Waals surface area contributed by atoms with Crippen molar-refractivity contribution in [2.24, 2.45) is 11.8 Å². The summed E-state index contributed by atoms with van der Waals surface area (Å²) in [6.45, 7) is 4.34. The fraction of sp³-hybridized carbons (Fsp3) is 1.00. The van der Waals surface area contributed by atoms with Gasteiger partial charge in [-0.05, 0) is 57.5 Å². The highest BCUT2D eigenvalue weighted by Crippen LogP contribution is 2.41. The van der Waals surface area contributed by atoms with E-state index < -0.39 is 0 Å². The summed E-state index contributed by atoms with van der Waals surface area (Å²) >= 11 is 0. The molecule has 0 aromatic heterocycles. The molecular weight excluding hydrogens is 174 g/mol. The van der Waals surface area contributed by atoms with Crippen molar-refractivity contribution in [1.82, 2.24) is 5.32 Å². The summed E-state index contributed by atoms with van der Waals surface area (Å²) in [6, 6.07) is 0. The van der Waals surface area contributed by atoms with Gasteiger partial charge >= 0.3 is 0 Å². The molecule has 0 aromatic carbocycles. The van der Waals surface area contributed by atoms with E-state index in [1.54, 1.807) is 0 Å². The fourth-order valence-corrected chi connectivity index (χ4v) is 3.31. The average molecular weight is 197 g/mol. The molecule has 0 aromatic rings. The molecule has 1 saturated carbocycles. The second kappa shape index (κ2) is 4.19. The lowest BCUT2D eigenvalue weighted by Gasteiger charge is -2.32. The summed E-state index contributed by atoms with van der Waals surface area (Å²) in [5, 5.41) is 13.8. The zero-order valence-electron chi connectivity index (χ0n) is 9.26. The van der Waals surface area contributed by atoms with Crippen molar-refractivity contribution in [3.63, 3.8) is 0 Å². The maximum atomic E-state index is 10.3. The van der Waals surface area contributed by atoms with Gasteiger partial charge in [-0.25, -0.2) is 0 Å². The second-order valence-corrected chi connectivity index (χ2v) is 5.32. The molecule has 82 valence electrons. The molecule has 2 aliphatic rings. The van der Waals surface area contributed by atoms with Crippen LogP contribution >= 0.6 is 0 Å². The van der Waals surface area contributed by atoms with E-state index in [4.69, 9.17) is 0 Å². The van der Waals surface area contributed by atoms with E-state index in [1.165, 1.54) is 38.6 Å².